The van der Waals surface area contributed by atoms with Crippen LogP contribution >= 0.6 is 15.9 Å². The highest BCUT2D eigenvalue weighted by Crippen LogP contribution is 2.51. The predicted molar refractivity (Wildman–Crippen MR) is 124 cm³/mol. The number of ether oxygens (including phenoxy) is 2. The zero-order valence-corrected chi connectivity index (χ0v) is 19.9. The molecule has 8 heteroatoms. The highest BCUT2D eigenvalue weighted by Gasteiger charge is 2.44. The van der Waals surface area contributed by atoms with Gasteiger partial charge in [-0.3, -0.25) is 14.4 Å². The number of hydrogen-bond donors (Lipinski definition) is 1. The fourth-order valence-electron chi connectivity index (χ4n) is 5.04. The third-order valence-corrected chi connectivity index (χ3v) is 6.85. The van der Waals surface area contributed by atoms with Crippen molar-refractivity contribution in [2.24, 2.45) is 0 Å². The van der Waals surface area contributed by atoms with Gasteiger partial charge in [0, 0.05) is 41.3 Å². The Morgan fingerprint density at radius 2 is 1.76 bits per heavy atom. The number of ketones is 2. The van der Waals surface area contributed by atoms with E-state index in [1.165, 1.54) is 7.11 Å². The fraction of sp³-hybridized carbons (Fsp3) is 0.400. The van der Waals surface area contributed by atoms with Crippen molar-refractivity contribution in [1.29, 1.82) is 0 Å². The van der Waals surface area contributed by atoms with E-state index in [0.29, 0.717) is 71.2 Å². The summed E-state index contributed by atoms with van der Waals surface area (Å²) in [6.45, 7) is -0.208. The Balaban J connectivity index is 1.94. The summed E-state index contributed by atoms with van der Waals surface area (Å²) in [6.07, 6.45) is 8.56. The minimum Gasteiger partial charge on any atom is -0.493 e. The number of carboxylic acid groups (broad SMARTS) is 1. The molecule has 3 aliphatic rings. The first kappa shape index (κ1) is 23.1. The Morgan fingerprint density at radius 1 is 1.15 bits per heavy atom. The molecule has 0 aromatic heterocycles. The van der Waals surface area contributed by atoms with Gasteiger partial charge in [0.1, 0.15) is 13.2 Å². The normalized spacial score (nSPS) is 18.6. The second-order valence-electron chi connectivity index (χ2n) is 8.21. The number of carbonyl (C=O) groups excluding carboxylic acids is 2. The molecule has 0 saturated carbocycles. The van der Waals surface area contributed by atoms with Gasteiger partial charge in [-0.1, -0.05) is 5.92 Å². The second kappa shape index (κ2) is 9.44. The van der Waals surface area contributed by atoms with Gasteiger partial charge in [0.2, 0.25) is 0 Å². The average molecular weight is 514 g/mol. The first-order valence-electron chi connectivity index (χ1n) is 10.8. The highest BCUT2D eigenvalue weighted by atomic mass is 79.9. The summed E-state index contributed by atoms with van der Waals surface area (Å²) in [5, 5.41) is 9.56. The van der Waals surface area contributed by atoms with Gasteiger partial charge in [-0.05, 0) is 59.3 Å². The maximum Gasteiger partial charge on any atom is 0.323 e. The van der Waals surface area contributed by atoms with Gasteiger partial charge in [0.15, 0.2) is 23.1 Å². The third kappa shape index (κ3) is 4.18. The zero-order chi connectivity index (χ0) is 23.7. The third-order valence-electron chi connectivity index (χ3n) is 6.26. The Hall–Kier alpha value is -3.05. The topological polar surface area (TPSA) is 93.1 Å². The van der Waals surface area contributed by atoms with Crippen LogP contribution in [0.2, 0.25) is 0 Å². The standard InChI is InChI=1S/C25H24BrNO6/c1-3-10-33-25-15(26)11-14(12-20(25)32-2)22-23-16(6-4-8-18(23)28)27(13-21(30)31)17-7-5-9-19(29)24(17)22/h1,11-12,22H,4-10,13H2,2H3,(H,30,31). The quantitative estimate of drug-likeness (QED) is 0.575. The van der Waals surface area contributed by atoms with Gasteiger partial charge in [0.05, 0.1) is 11.6 Å². The van der Waals surface area contributed by atoms with Crippen molar-refractivity contribution in [2.75, 3.05) is 20.3 Å². The molecule has 0 bridgehead atoms. The molecule has 4 rings (SSSR count). The highest BCUT2D eigenvalue weighted by molar-refractivity contribution is 9.10. The lowest BCUT2D eigenvalue weighted by Crippen LogP contribution is -2.41. The molecule has 0 unspecified atom stereocenters. The van der Waals surface area contributed by atoms with Crippen LogP contribution < -0.4 is 9.47 Å². The number of aliphatic carboxylic acids is 1. The molecule has 0 fully saturated rings. The van der Waals surface area contributed by atoms with Gasteiger partial charge in [-0.2, -0.15) is 0 Å². The van der Waals surface area contributed by atoms with Crippen LogP contribution in [0.3, 0.4) is 0 Å². The van der Waals surface area contributed by atoms with E-state index in [0.717, 1.165) is 11.4 Å². The predicted octanol–water partition coefficient (Wildman–Crippen LogP) is 3.97. The van der Waals surface area contributed by atoms with Crippen LogP contribution in [0.15, 0.2) is 39.1 Å². The maximum absolute atomic E-state index is 13.2. The van der Waals surface area contributed by atoms with Crippen LogP contribution in [0.1, 0.15) is 50.0 Å². The van der Waals surface area contributed by atoms with Crippen molar-refractivity contribution in [3.8, 4) is 23.8 Å². The number of hydrogen-bond acceptors (Lipinski definition) is 6. The number of rotatable bonds is 6. The zero-order valence-electron chi connectivity index (χ0n) is 18.3. The molecule has 172 valence electrons. The lowest BCUT2D eigenvalue weighted by Gasteiger charge is -2.43. The van der Waals surface area contributed by atoms with Crippen LogP contribution in [0.4, 0.5) is 0 Å². The van der Waals surface area contributed by atoms with Gasteiger partial charge in [-0.15, -0.1) is 6.42 Å². The van der Waals surface area contributed by atoms with E-state index in [-0.39, 0.29) is 24.7 Å². The number of methoxy groups -OCH3 is 1. The summed E-state index contributed by atoms with van der Waals surface area (Å²) < 4.78 is 11.8. The first-order chi connectivity index (χ1) is 15.9. The lowest BCUT2D eigenvalue weighted by atomic mass is 9.71. The Bertz CT molecular complexity index is 1100. The number of allylic oxidation sites excluding steroid dienone is 4. The van der Waals surface area contributed by atoms with E-state index in [4.69, 9.17) is 15.9 Å². The van der Waals surface area contributed by atoms with E-state index < -0.39 is 11.9 Å². The molecule has 1 aromatic carbocycles. The molecule has 0 radical (unpaired) electrons. The first-order valence-corrected chi connectivity index (χ1v) is 11.6. The molecular formula is C25H24BrNO6. The molecule has 1 heterocycles. The average Bonchev–Trinajstić information content (AvgIpc) is 2.78. The van der Waals surface area contributed by atoms with Crippen LogP contribution in [-0.2, 0) is 14.4 Å². The van der Waals surface area contributed by atoms with E-state index in [1.807, 2.05) is 6.07 Å². The molecular weight excluding hydrogens is 490 g/mol. The lowest BCUT2D eigenvalue weighted by molar-refractivity contribution is -0.138. The van der Waals surface area contributed by atoms with Crippen molar-refractivity contribution in [3.05, 3.63) is 44.7 Å². The molecule has 1 aliphatic heterocycles. The van der Waals surface area contributed by atoms with E-state index in [2.05, 4.69) is 21.9 Å². The number of Topliss-reactive ketones (excluding diaryl/α,β-unsaturated/α-hetero) is 2. The Morgan fingerprint density at radius 3 is 2.27 bits per heavy atom. The number of carboxylic acids is 1. The molecule has 33 heavy (non-hydrogen) atoms. The summed E-state index contributed by atoms with van der Waals surface area (Å²) in [5.74, 6) is 1.62. The molecule has 0 amide bonds. The van der Waals surface area contributed by atoms with Gasteiger partial charge in [-0.25, -0.2) is 0 Å². The number of nitrogens with zero attached hydrogens (tertiary/aromatic N) is 1. The molecule has 0 atom stereocenters. The summed E-state index contributed by atoms with van der Waals surface area (Å²) in [6, 6.07) is 3.60. The Labute approximate surface area is 200 Å². The van der Waals surface area contributed by atoms with Crippen molar-refractivity contribution in [1.82, 2.24) is 4.90 Å². The minimum atomic E-state index is -0.998. The second-order valence-corrected chi connectivity index (χ2v) is 9.07. The molecule has 0 saturated heterocycles. The number of benzene rings is 1. The molecule has 2 aliphatic carbocycles. The van der Waals surface area contributed by atoms with Crippen molar-refractivity contribution in [2.45, 2.75) is 44.4 Å². The number of carbonyl (C=O) groups is 3. The maximum atomic E-state index is 13.2. The van der Waals surface area contributed by atoms with E-state index in [1.54, 1.807) is 11.0 Å². The number of terminal acetylenes is 1. The van der Waals surface area contributed by atoms with Crippen LogP contribution in [0, 0.1) is 12.3 Å². The largest absolute Gasteiger partial charge is 0.493 e. The smallest absolute Gasteiger partial charge is 0.323 e. The van der Waals surface area contributed by atoms with Crippen molar-refractivity contribution >= 4 is 33.5 Å². The van der Waals surface area contributed by atoms with Gasteiger partial charge in [0.25, 0.3) is 0 Å². The van der Waals surface area contributed by atoms with E-state index >= 15 is 0 Å². The van der Waals surface area contributed by atoms with Crippen LogP contribution in [-0.4, -0.2) is 47.8 Å². The molecule has 0 spiro atoms. The summed E-state index contributed by atoms with van der Waals surface area (Å²) >= 11 is 3.52. The summed E-state index contributed by atoms with van der Waals surface area (Å²) in [5.41, 5.74) is 3.18. The van der Waals surface area contributed by atoms with E-state index in [9.17, 15) is 19.5 Å². The SMILES string of the molecule is C#CCOc1c(Br)cc(C2C3=C(CCCC3=O)N(CC(=O)O)C3=C2C(=O)CCC3)cc1OC. The van der Waals surface area contributed by atoms with Crippen molar-refractivity contribution in [3.63, 3.8) is 0 Å². The summed E-state index contributed by atoms with van der Waals surface area (Å²) in [7, 11) is 1.51. The molecule has 1 N–H and O–H groups in total. The van der Waals surface area contributed by atoms with Gasteiger partial charge < -0.3 is 19.5 Å². The van der Waals surface area contributed by atoms with Gasteiger partial charge >= 0.3 is 5.97 Å². The number of halogens is 1. The molecule has 1 aromatic rings. The molecule has 7 nitrogen and oxygen atoms in total. The van der Waals surface area contributed by atoms with Crippen LogP contribution in [0.25, 0.3) is 0 Å². The minimum absolute atomic E-state index is 0.0516. The monoisotopic (exact) mass is 513 g/mol. The summed E-state index contributed by atoms with van der Waals surface area (Å²) in [4.78, 5) is 39.8. The fourth-order valence-corrected chi connectivity index (χ4v) is 5.61. The Kier molecular flexibility index (Phi) is 6.61. The van der Waals surface area contributed by atoms with Crippen molar-refractivity contribution < 1.29 is 29.0 Å². The van der Waals surface area contributed by atoms with Crippen LogP contribution in [0.5, 0.6) is 11.5 Å².